The highest BCUT2D eigenvalue weighted by molar-refractivity contribution is 6.34. The molecular weight excluding hydrogens is 680 g/mol. The number of fused-ring (bicyclic) bond motifs is 2. The average molecular weight is 723 g/mol. The van der Waals surface area contributed by atoms with Gasteiger partial charge in [0.05, 0.1) is 16.7 Å². The van der Waals surface area contributed by atoms with Crippen LogP contribution in [0.25, 0.3) is 32.9 Å². The monoisotopic (exact) mass is 722 g/mol. The summed E-state index contributed by atoms with van der Waals surface area (Å²) in [6, 6.07) is 25.1. The van der Waals surface area contributed by atoms with E-state index >= 15 is 0 Å². The highest BCUT2D eigenvalue weighted by Crippen LogP contribution is 2.32. The Balaban J connectivity index is 1.14. The molecule has 0 spiro atoms. The zero-order chi connectivity index (χ0) is 36.8. The third-order valence-electron chi connectivity index (χ3n) is 8.97. The minimum absolute atomic E-state index is 0.0331. The van der Waals surface area contributed by atoms with E-state index < -0.39 is 18.3 Å². The van der Waals surface area contributed by atoms with E-state index in [0.717, 1.165) is 32.9 Å². The number of carbonyl (C=O) groups is 2. The maximum Gasteiger partial charge on any atom is 0.344 e. The van der Waals surface area contributed by atoms with Gasteiger partial charge in [0.15, 0.2) is 0 Å². The molecule has 10 nitrogen and oxygen atoms in total. The molecule has 11 heteroatoms. The minimum Gasteiger partial charge on any atom is -0.490 e. The number of nitrogens with two attached hydrogens (primary N) is 1. The Hall–Kier alpha value is -5.13. The average Bonchev–Trinajstić information content (AvgIpc) is 3.72. The van der Waals surface area contributed by atoms with Gasteiger partial charge in [-0.1, -0.05) is 60.1 Å². The van der Waals surface area contributed by atoms with Crippen LogP contribution in [0.3, 0.4) is 0 Å². The number of carbonyl (C=O) groups excluding carboxylic acids is 2. The first-order chi connectivity index (χ1) is 25.1. The third-order valence-corrected chi connectivity index (χ3v) is 9.28. The molecule has 0 aliphatic heterocycles. The van der Waals surface area contributed by atoms with Crippen LogP contribution < -0.4 is 15.8 Å². The second-order valence-electron chi connectivity index (χ2n) is 13.2. The van der Waals surface area contributed by atoms with Crippen LogP contribution in [0, 0.1) is 0 Å². The fourth-order valence-corrected chi connectivity index (χ4v) is 6.74. The summed E-state index contributed by atoms with van der Waals surface area (Å²) in [6.45, 7) is 3.60. The molecule has 52 heavy (non-hydrogen) atoms. The molecule has 0 saturated heterocycles. The molecule has 3 atom stereocenters. The zero-order valence-electron chi connectivity index (χ0n) is 29.1. The molecule has 0 saturated carbocycles. The third kappa shape index (κ3) is 8.66. The lowest BCUT2D eigenvalue weighted by Gasteiger charge is -2.19. The predicted octanol–water partition coefficient (Wildman–Crippen LogP) is 6.92. The molecule has 0 fully saturated rings. The first kappa shape index (κ1) is 36.7. The number of aliphatic hydroxyl groups excluding tert-OH is 2. The summed E-state index contributed by atoms with van der Waals surface area (Å²) >= 11 is 6.68. The predicted molar refractivity (Wildman–Crippen MR) is 204 cm³/mol. The molecule has 0 aliphatic carbocycles. The molecule has 0 bridgehead atoms. The van der Waals surface area contributed by atoms with Crippen molar-refractivity contribution in [1.82, 2.24) is 15.3 Å². The second-order valence-corrected chi connectivity index (χ2v) is 13.6. The topological polar surface area (TPSA) is 163 Å². The fourth-order valence-electron chi connectivity index (χ4n) is 6.48. The SMILES string of the molecule is CC(C)Oc1ccc(-c2ccc(C(=O)N[C@@H](CCO)Cc3c[nH]c4ccccc34)c(Cl)c2)cc1C(=O)OC(O)C[C@H](N)Cc1c[nH]c2ccccc12. The summed E-state index contributed by atoms with van der Waals surface area (Å²) in [6.07, 6.45) is 3.56. The number of aromatic nitrogens is 2. The van der Waals surface area contributed by atoms with E-state index in [1.54, 1.807) is 36.4 Å². The van der Waals surface area contributed by atoms with Crippen molar-refractivity contribution in [2.75, 3.05) is 6.61 Å². The highest BCUT2D eigenvalue weighted by Gasteiger charge is 2.23. The Morgan fingerprint density at radius 1 is 0.846 bits per heavy atom. The molecule has 1 amide bonds. The van der Waals surface area contributed by atoms with Crippen LogP contribution in [0.1, 0.15) is 58.5 Å². The first-order valence-corrected chi connectivity index (χ1v) is 17.7. The number of para-hydroxylation sites is 2. The number of H-pyrrole nitrogens is 2. The summed E-state index contributed by atoms with van der Waals surface area (Å²) in [4.78, 5) is 33.3. The number of hydrogen-bond donors (Lipinski definition) is 6. The Morgan fingerprint density at radius 2 is 1.46 bits per heavy atom. The van der Waals surface area contributed by atoms with E-state index in [1.807, 2.05) is 74.8 Å². The van der Waals surface area contributed by atoms with Crippen molar-refractivity contribution < 1.29 is 29.3 Å². The van der Waals surface area contributed by atoms with E-state index in [-0.39, 0.29) is 47.2 Å². The van der Waals surface area contributed by atoms with Gasteiger partial charge in [0.1, 0.15) is 11.3 Å². The van der Waals surface area contributed by atoms with Crippen molar-refractivity contribution in [3.8, 4) is 16.9 Å². The summed E-state index contributed by atoms with van der Waals surface area (Å²) in [7, 11) is 0. The van der Waals surface area contributed by atoms with Crippen LogP contribution >= 0.6 is 11.6 Å². The van der Waals surface area contributed by atoms with Gasteiger partial charge in [0.25, 0.3) is 5.91 Å². The van der Waals surface area contributed by atoms with Gasteiger partial charge in [-0.3, -0.25) is 4.79 Å². The molecule has 6 aromatic rings. The highest BCUT2D eigenvalue weighted by atomic mass is 35.5. The lowest BCUT2D eigenvalue weighted by Crippen LogP contribution is -2.37. The Morgan fingerprint density at radius 3 is 2.10 bits per heavy atom. The summed E-state index contributed by atoms with van der Waals surface area (Å²) in [5.41, 5.74) is 12.1. The second kappa shape index (κ2) is 16.5. The molecule has 2 heterocycles. The first-order valence-electron chi connectivity index (χ1n) is 17.4. The van der Waals surface area contributed by atoms with Gasteiger partial charge in [0, 0.05) is 59.3 Å². The van der Waals surface area contributed by atoms with Crippen molar-refractivity contribution >= 4 is 45.3 Å². The van der Waals surface area contributed by atoms with Gasteiger partial charge in [-0.2, -0.15) is 0 Å². The van der Waals surface area contributed by atoms with E-state index in [0.29, 0.717) is 36.1 Å². The van der Waals surface area contributed by atoms with Crippen molar-refractivity contribution in [2.24, 2.45) is 5.73 Å². The summed E-state index contributed by atoms with van der Waals surface area (Å²) < 4.78 is 11.4. The normalized spacial score (nSPS) is 13.3. The lowest BCUT2D eigenvalue weighted by atomic mass is 10.00. The Labute approximate surface area is 306 Å². The minimum atomic E-state index is -1.44. The smallest absolute Gasteiger partial charge is 0.344 e. The van der Waals surface area contributed by atoms with Gasteiger partial charge in [-0.15, -0.1) is 0 Å². The Bertz CT molecular complexity index is 2180. The molecule has 4 aromatic carbocycles. The van der Waals surface area contributed by atoms with Crippen LogP contribution in [0.15, 0.2) is 97.3 Å². The number of amides is 1. The molecular formula is C41H43ClN4O6. The standard InChI is InChI=1S/C41H43ClN4O6/c1-24(2)51-38-14-12-25(19-34(38)41(50)52-39(48)21-29(43)17-27-22-44-36-9-5-3-7-31(27)36)26-11-13-33(35(42)20-26)40(49)46-30(15-16-47)18-28-23-45-37-10-6-4-8-32(28)37/h3-14,19-20,22-24,29-30,39,44-45,47-48H,15-18,21,43H2,1-2H3,(H,46,49)/t29-,30+,39?/m1/s1. The van der Waals surface area contributed by atoms with Crippen LogP contribution in [0.2, 0.25) is 5.02 Å². The van der Waals surface area contributed by atoms with Crippen LogP contribution in [-0.2, 0) is 17.6 Å². The molecule has 0 aliphatic rings. The van der Waals surface area contributed by atoms with Gasteiger partial charge in [-0.25, -0.2) is 4.79 Å². The Kier molecular flexibility index (Phi) is 11.6. The number of esters is 1. The van der Waals surface area contributed by atoms with Gasteiger partial charge < -0.3 is 40.7 Å². The van der Waals surface area contributed by atoms with Crippen LogP contribution in [0.5, 0.6) is 5.75 Å². The zero-order valence-corrected chi connectivity index (χ0v) is 29.8. The number of nitrogens with one attached hydrogen (secondary N) is 3. The number of aliphatic hydroxyl groups is 2. The van der Waals surface area contributed by atoms with Crippen molar-refractivity contribution in [2.45, 2.75) is 64.0 Å². The lowest BCUT2D eigenvalue weighted by molar-refractivity contribution is -0.0714. The van der Waals surface area contributed by atoms with E-state index in [4.69, 9.17) is 26.8 Å². The van der Waals surface area contributed by atoms with Crippen LogP contribution in [-0.4, -0.2) is 63.1 Å². The van der Waals surface area contributed by atoms with E-state index in [2.05, 4.69) is 15.3 Å². The number of benzene rings is 4. The van der Waals surface area contributed by atoms with Gasteiger partial charge in [0.2, 0.25) is 6.29 Å². The van der Waals surface area contributed by atoms with Crippen molar-refractivity contribution in [3.63, 3.8) is 0 Å². The van der Waals surface area contributed by atoms with Crippen molar-refractivity contribution in [1.29, 1.82) is 0 Å². The van der Waals surface area contributed by atoms with Gasteiger partial charge in [-0.05, 0) is 91.8 Å². The van der Waals surface area contributed by atoms with E-state index in [9.17, 15) is 19.8 Å². The number of hydrogen-bond acceptors (Lipinski definition) is 7. The molecule has 2 aromatic heterocycles. The summed E-state index contributed by atoms with van der Waals surface area (Å²) in [5, 5.41) is 25.8. The number of ether oxygens (including phenoxy) is 2. The quantitative estimate of drug-likeness (QED) is 0.0495. The number of halogens is 1. The fraction of sp³-hybridized carbons (Fsp3) is 0.268. The van der Waals surface area contributed by atoms with Crippen LogP contribution in [0.4, 0.5) is 0 Å². The maximum absolute atomic E-state index is 13.5. The molecule has 0 radical (unpaired) electrons. The van der Waals surface area contributed by atoms with Crippen molar-refractivity contribution in [3.05, 3.63) is 125 Å². The number of aromatic amines is 2. The van der Waals surface area contributed by atoms with Gasteiger partial charge >= 0.3 is 5.97 Å². The molecule has 270 valence electrons. The number of rotatable bonds is 15. The molecule has 7 N–H and O–H groups in total. The maximum atomic E-state index is 13.5. The summed E-state index contributed by atoms with van der Waals surface area (Å²) in [5.74, 6) is -0.834. The molecule has 6 rings (SSSR count). The largest absolute Gasteiger partial charge is 0.490 e. The van der Waals surface area contributed by atoms with E-state index in [1.165, 1.54) is 0 Å². The molecule has 1 unspecified atom stereocenters.